The second-order valence-electron chi connectivity index (χ2n) is 6.95. The van der Waals surface area contributed by atoms with E-state index in [1.807, 2.05) is 0 Å². The van der Waals surface area contributed by atoms with Crippen LogP contribution in [0, 0.1) is 0 Å². The first-order valence-electron chi connectivity index (χ1n) is 9.44. The monoisotopic (exact) mass is 409 g/mol. The highest BCUT2D eigenvalue weighted by molar-refractivity contribution is 5.94. The molecule has 2 aromatic heterocycles. The van der Waals surface area contributed by atoms with Crippen molar-refractivity contribution in [3.05, 3.63) is 52.1 Å². The fourth-order valence-corrected chi connectivity index (χ4v) is 2.87. The number of fused-ring (bicyclic) bond motifs is 1. The molecule has 10 heteroatoms. The summed E-state index contributed by atoms with van der Waals surface area (Å²) in [6, 6.07) is 7.05. The summed E-state index contributed by atoms with van der Waals surface area (Å²) in [5.41, 5.74) is 7.28. The lowest BCUT2D eigenvalue weighted by Crippen LogP contribution is -2.28. The van der Waals surface area contributed by atoms with Crippen molar-refractivity contribution in [2.45, 2.75) is 26.3 Å². The molecule has 0 aliphatic carbocycles. The molecule has 0 bridgehead atoms. The van der Waals surface area contributed by atoms with Crippen molar-refractivity contribution in [2.24, 2.45) is 0 Å². The van der Waals surface area contributed by atoms with Crippen LogP contribution < -0.4 is 16.6 Å². The van der Waals surface area contributed by atoms with E-state index < -0.39 is 5.56 Å². The smallest absolute Gasteiger partial charge is 0.280 e. The minimum absolute atomic E-state index is 0.00758. The van der Waals surface area contributed by atoms with Crippen LogP contribution >= 0.6 is 0 Å². The molecular formula is C20H23N7O3. The van der Waals surface area contributed by atoms with Crippen molar-refractivity contribution >= 4 is 34.5 Å². The van der Waals surface area contributed by atoms with Crippen molar-refractivity contribution in [3.8, 4) is 0 Å². The summed E-state index contributed by atoms with van der Waals surface area (Å²) in [6.45, 7) is 2.41. The normalized spacial score (nSPS) is 10.7. The number of anilines is 2. The highest BCUT2D eigenvalue weighted by atomic mass is 16.2. The van der Waals surface area contributed by atoms with Crippen LogP contribution in [0.5, 0.6) is 0 Å². The van der Waals surface area contributed by atoms with Crippen LogP contribution in [0.4, 0.5) is 11.6 Å². The molecule has 0 fully saturated rings. The molecule has 3 rings (SSSR count). The Labute approximate surface area is 172 Å². The van der Waals surface area contributed by atoms with Crippen LogP contribution in [0.3, 0.4) is 0 Å². The molecule has 0 aliphatic heterocycles. The second kappa shape index (κ2) is 9.12. The van der Waals surface area contributed by atoms with Crippen molar-refractivity contribution in [2.75, 3.05) is 24.6 Å². The van der Waals surface area contributed by atoms with Crippen molar-refractivity contribution in [3.63, 3.8) is 0 Å². The van der Waals surface area contributed by atoms with E-state index >= 15 is 0 Å². The van der Waals surface area contributed by atoms with Crippen LogP contribution in [-0.2, 0) is 11.3 Å². The summed E-state index contributed by atoms with van der Waals surface area (Å²) in [5.74, 6) is 0.00989. The molecular weight excluding hydrogens is 386 g/mol. The lowest BCUT2D eigenvalue weighted by Gasteiger charge is -2.17. The van der Waals surface area contributed by atoms with Crippen LogP contribution in [0.1, 0.15) is 35.8 Å². The van der Waals surface area contributed by atoms with E-state index in [4.69, 9.17) is 5.73 Å². The zero-order chi connectivity index (χ0) is 21.7. The average molecular weight is 409 g/mol. The Balaban J connectivity index is 1.60. The number of Topliss-reactive ketones (excluding diaryl/α,β-unsaturated/α-hetero) is 1. The molecule has 1 amide bonds. The first-order chi connectivity index (χ1) is 14.3. The molecule has 0 spiro atoms. The number of hydrogen-bond acceptors (Lipinski definition) is 8. The van der Waals surface area contributed by atoms with Crippen LogP contribution in [0.2, 0.25) is 0 Å². The van der Waals surface area contributed by atoms with Gasteiger partial charge in [-0.1, -0.05) is 0 Å². The Morgan fingerprint density at radius 3 is 2.63 bits per heavy atom. The summed E-state index contributed by atoms with van der Waals surface area (Å²) < 4.78 is 0. The Morgan fingerprint density at radius 2 is 1.93 bits per heavy atom. The molecule has 156 valence electrons. The number of hydrogen-bond donors (Lipinski definition) is 3. The summed E-state index contributed by atoms with van der Waals surface area (Å²) in [5, 5.41) is 3.18. The molecule has 10 nitrogen and oxygen atoms in total. The Morgan fingerprint density at radius 1 is 1.20 bits per heavy atom. The summed E-state index contributed by atoms with van der Waals surface area (Å²) in [6.07, 6.45) is 2.64. The van der Waals surface area contributed by atoms with Gasteiger partial charge in [0.05, 0.1) is 18.4 Å². The van der Waals surface area contributed by atoms with Crippen molar-refractivity contribution in [1.29, 1.82) is 0 Å². The third-order valence-electron chi connectivity index (χ3n) is 4.46. The van der Waals surface area contributed by atoms with Gasteiger partial charge in [0, 0.05) is 31.3 Å². The zero-order valence-corrected chi connectivity index (χ0v) is 16.8. The predicted molar refractivity (Wildman–Crippen MR) is 113 cm³/mol. The number of amides is 1. The van der Waals surface area contributed by atoms with E-state index in [1.54, 1.807) is 43.1 Å². The molecule has 3 aromatic rings. The van der Waals surface area contributed by atoms with E-state index in [2.05, 4.69) is 25.3 Å². The number of ketones is 1. The van der Waals surface area contributed by atoms with Gasteiger partial charge in [0.25, 0.3) is 11.5 Å². The number of nitrogens with zero attached hydrogens (tertiary/aromatic N) is 4. The van der Waals surface area contributed by atoms with Gasteiger partial charge >= 0.3 is 0 Å². The topological polar surface area (TPSA) is 147 Å². The number of aromatic nitrogens is 4. The van der Waals surface area contributed by atoms with Gasteiger partial charge in [0.1, 0.15) is 5.78 Å². The number of nitrogens with two attached hydrogens (primary N) is 1. The molecule has 0 radical (unpaired) electrons. The van der Waals surface area contributed by atoms with E-state index in [0.717, 1.165) is 5.69 Å². The fourth-order valence-electron chi connectivity index (χ4n) is 2.87. The molecule has 30 heavy (non-hydrogen) atoms. The van der Waals surface area contributed by atoms with E-state index in [-0.39, 0.29) is 28.8 Å². The second-order valence-corrected chi connectivity index (χ2v) is 6.95. The predicted octanol–water partition coefficient (Wildman–Crippen LogP) is 1.35. The van der Waals surface area contributed by atoms with Crippen molar-refractivity contribution < 1.29 is 9.59 Å². The number of carbonyl (C=O) groups excluding carboxylic acids is 2. The first kappa shape index (κ1) is 20.9. The molecule has 1 aromatic carbocycles. The maximum absolute atomic E-state index is 12.4. The quantitative estimate of drug-likeness (QED) is 0.505. The SMILES string of the molecule is CC(=O)CCCN(C)C(=O)c1ccc(NCc2cnc3nc(N)[nH]c(=O)c3n2)cc1. The molecule has 0 unspecified atom stereocenters. The van der Waals surface area contributed by atoms with Gasteiger partial charge in [-0.25, -0.2) is 9.97 Å². The minimum atomic E-state index is -0.442. The number of rotatable bonds is 8. The van der Waals surface area contributed by atoms with Crippen LogP contribution in [0.15, 0.2) is 35.3 Å². The summed E-state index contributed by atoms with van der Waals surface area (Å²) in [4.78, 5) is 51.7. The van der Waals surface area contributed by atoms with Gasteiger partial charge in [0.2, 0.25) is 5.95 Å². The summed E-state index contributed by atoms with van der Waals surface area (Å²) >= 11 is 0. The standard InChI is InChI=1S/C20H23N7O3/c1-12(28)4-3-9-27(2)19(30)13-5-7-14(8-6-13)22-10-15-11-23-17-16(24-15)18(29)26-20(21)25-17/h5-8,11,22H,3-4,9-10H2,1-2H3,(H3,21,23,25,26,29). The number of nitrogen functional groups attached to an aromatic ring is 1. The first-order valence-corrected chi connectivity index (χ1v) is 9.44. The largest absolute Gasteiger partial charge is 0.379 e. The van der Waals surface area contributed by atoms with Gasteiger partial charge in [-0.05, 0) is 37.6 Å². The van der Waals surface area contributed by atoms with Crippen molar-refractivity contribution in [1.82, 2.24) is 24.8 Å². The van der Waals surface area contributed by atoms with Gasteiger partial charge in [-0.15, -0.1) is 0 Å². The molecule has 2 heterocycles. The summed E-state index contributed by atoms with van der Waals surface area (Å²) in [7, 11) is 1.72. The van der Waals surface area contributed by atoms with E-state index in [1.165, 1.54) is 6.20 Å². The molecule has 0 aliphatic rings. The van der Waals surface area contributed by atoms with E-state index in [0.29, 0.717) is 37.2 Å². The average Bonchev–Trinajstić information content (AvgIpc) is 2.72. The third kappa shape index (κ3) is 5.16. The number of aromatic amines is 1. The lowest BCUT2D eigenvalue weighted by molar-refractivity contribution is -0.117. The van der Waals surface area contributed by atoms with Gasteiger partial charge in [-0.2, -0.15) is 4.98 Å². The van der Waals surface area contributed by atoms with E-state index in [9.17, 15) is 14.4 Å². The number of nitrogens with one attached hydrogen (secondary N) is 2. The number of carbonyl (C=O) groups is 2. The maximum Gasteiger partial charge on any atom is 0.280 e. The number of H-pyrrole nitrogens is 1. The lowest BCUT2D eigenvalue weighted by atomic mass is 10.1. The molecule has 0 saturated heterocycles. The fraction of sp³-hybridized carbons (Fsp3) is 0.300. The Kier molecular flexibility index (Phi) is 6.35. The number of benzene rings is 1. The maximum atomic E-state index is 12.4. The Hall–Kier alpha value is -3.82. The van der Waals surface area contributed by atoms with Gasteiger partial charge in [0.15, 0.2) is 11.2 Å². The van der Waals surface area contributed by atoms with Gasteiger partial charge in [-0.3, -0.25) is 14.6 Å². The van der Waals surface area contributed by atoms with Gasteiger partial charge < -0.3 is 20.7 Å². The minimum Gasteiger partial charge on any atom is -0.379 e. The molecule has 0 atom stereocenters. The third-order valence-corrected chi connectivity index (χ3v) is 4.46. The van der Waals surface area contributed by atoms with Crippen LogP contribution in [-0.4, -0.2) is 50.1 Å². The highest BCUT2D eigenvalue weighted by Gasteiger charge is 2.12. The highest BCUT2D eigenvalue weighted by Crippen LogP contribution is 2.13. The Bertz CT molecular complexity index is 1130. The zero-order valence-electron chi connectivity index (χ0n) is 16.8. The molecule has 4 N–H and O–H groups in total. The van der Waals surface area contributed by atoms with Crippen LogP contribution in [0.25, 0.3) is 11.2 Å². The molecule has 0 saturated carbocycles.